The van der Waals surface area contributed by atoms with Gasteiger partial charge in [-0.25, -0.2) is 0 Å². The summed E-state index contributed by atoms with van der Waals surface area (Å²) in [4.78, 5) is 25.5. The number of unbranched alkanes of at least 4 members (excludes halogenated alkanes) is 22. The predicted molar refractivity (Wildman–Crippen MR) is 297 cm³/mol. The summed E-state index contributed by atoms with van der Waals surface area (Å²) in [5.74, 6) is -0.518. The van der Waals surface area contributed by atoms with Gasteiger partial charge in [-0.15, -0.1) is 0 Å². The topological polar surface area (TPSA) is 61.8 Å². The Kier molecular flexibility index (Phi) is 54.9. The SMILES string of the molecule is CC/C=C\C/C=C\C/C=C\C/C=C\CCCCCCC(=O)O[C@H](COCCCCCCCCCCCCCCCCCC)COC(=O)CC/C=C\C/C=C\C/C=C\C/C=C\C/C=C\CCCCC. The van der Waals surface area contributed by atoms with E-state index in [9.17, 15) is 9.59 Å². The zero-order valence-corrected chi connectivity index (χ0v) is 44.6. The normalized spacial score (nSPS) is 13.0. The molecule has 388 valence electrons. The Morgan fingerprint density at radius 1 is 0.338 bits per heavy atom. The fourth-order valence-electron chi connectivity index (χ4n) is 7.60. The molecule has 0 aromatic heterocycles. The van der Waals surface area contributed by atoms with Gasteiger partial charge in [-0.1, -0.05) is 252 Å². The summed E-state index contributed by atoms with van der Waals surface area (Å²) >= 11 is 0. The van der Waals surface area contributed by atoms with Crippen molar-refractivity contribution in [3.8, 4) is 0 Å². The quantitative estimate of drug-likeness (QED) is 0.0345. The lowest BCUT2D eigenvalue weighted by Crippen LogP contribution is -2.30. The zero-order valence-electron chi connectivity index (χ0n) is 44.6. The van der Waals surface area contributed by atoms with E-state index in [-0.39, 0.29) is 25.2 Å². The first kappa shape index (κ1) is 64.6. The molecule has 0 aliphatic carbocycles. The maximum Gasteiger partial charge on any atom is 0.306 e. The predicted octanol–water partition coefficient (Wildman–Crippen LogP) is 19.6. The second-order valence-electron chi connectivity index (χ2n) is 18.5. The summed E-state index contributed by atoms with van der Waals surface area (Å²) in [5, 5.41) is 0. The molecule has 0 bridgehead atoms. The van der Waals surface area contributed by atoms with Gasteiger partial charge < -0.3 is 14.2 Å². The van der Waals surface area contributed by atoms with Gasteiger partial charge in [0.25, 0.3) is 0 Å². The molecule has 5 nitrogen and oxygen atoms in total. The number of esters is 2. The molecule has 0 saturated carbocycles. The Morgan fingerprint density at radius 2 is 0.691 bits per heavy atom. The van der Waals surface area contributed by atoms with Crippen molar-refractivity contribution in [3.63, 3.8) is 0 Å². The fraction of sp³-hybridized carbons (Fsp3) is 0.683. The van der Waals surface area contributed by atoms with Gasteiger partial charge in [0.1, 0.15) is 6.61 Å². The zero-order chi connectivity index (χ0) is 49.2. The van der Waals surface area contributed by atoms with E-state index in [1.165, 1.54) is 116 Å². The Labute approximate surface area is 421 Å². The number of ether oxygens (including phenoxy) is 3. The highest BCUT2D eigenvalue weighted by molar-refractivity contribution is 5.70. The molecule has 5 heteroatoms. The summed E-state index contributed by atoms with van der Waals surface area (Å²) in [7, 11) is 0. The third kappa shape index (κ3) is 55.2. The highest BCUT2D eigenvalue weighted by Crippen LogP contribution is 2.15. The minimum Gasteiger partial charge on any atom is -0.462 e. The average molecular weight is 944 g/mol. The van der Waals surface area contributed by atoms with Crippen LogP contribution in [0.25, 0.3) is 0 Å². The van der Waals surface area contributed by atoms with Crippen LogP contribution in [0.2, 0.25) is 0 Å². The van der Waals surface area contributed by atoms with Crippen LogP contribution >= 0.6 is 0 Å². The number of carbonyl (C=O) groups excluding carboxylic acids is 2. The number of allylic oxidation sites excluding steroid dienone is 18. The van der Waals surface area contributed by atoms with E-state index in [1.54, 1.807) is 0 Å². The summed E-state index contributed by atoms with van der Waals surface area (Å²) in [6.45, 7) is 7.60. The lowest BCUT2D eigenvalue weighted by atomic mass is 10.0. The number of hydrogen-bond donors (Lipinski definition) is 0. The Bertz CT molecular complexity index is 1340. The molecule has 0 aliphatic rings. The van der Waals surface area contributed by atoms with E-state index in [0.717, 1.165) is 96.3 Å². The highest BCUT2D eigenvalue weighted by Gasteiger charge is 2.17. The maximum atomic E-state index is 12.8. The minimum atomic E-state index is -0.585. The first-order valence-corrected chi connectivity index (χ1v) is 28.4. The summed E-state index contributed by atoms with van der Waals surface area (Å²) in [5.41, 5.74) is 0. The minimum absolute atomic E-state index is 0.0321. The molecule has 1 atom stereocenters. The lowest BCUT2D eigenvalue weighted by molar-refractivity contribution is -0.162. The molecule has 0 rings (SSSR count). The van der Waals surface area contributed by atoms with Crippen molar-refractivity contribution in [3.05, 3.63) is 109 Å². The molecule has 0 amide bonds. The monoisotopic (exact) mass is 943 g/mol. The van der Waals surface area contributed by atoms with Gasteiger partial charge in [0, 0.05) is 19.4 Å². The van der Waals surface area contributed by atoms with Gasteiger partial charge in [-0.3, -0.25) is 9.59 Å². The molecule has 68 heavy (non-hydrogen) atoms. The van der Waals surface area contributed by atoms with Crippen LogP contribution in [0.3, 0.4) is 0 Å². The van der Waals surface area contributed by atoms with Gasteiger partial charge in [0.05, 0.1) is 6.61 Å². The van der Waals surface area contributed by atoms with Crippen molar-refractivity contribution >= 4 is 11.9 Å². The van der Waals surface area contributed by atoms with Crippen LogP contribution < -0.4 is 0 Å². The van der Waals surface area contributed by atoms with Crippen molar-refractivity contribution in [2.45, 2.75) is 258 Å². The third-order valence-electron chi connectivity index (χ3n) is 11.8. The van der Waals surface area contributed by atoms with E-state index in [2.05, 4.69) is 124 Å². The van der Waals surface area contributed by atoms with Gasteiger partial charge in [-0.2, -0.15) is 0 Å². The summed E-state index contributed by atoms with van der Waals surface area (Å²) in [6, 6.07) is 0. The van der Waals surface area contributed by atoms with Crippen molar-refractivity contribution in [2.75, 3.05) is 19.8 Å². The number of carbonyl (C=O) groups is 2. The standard InChI is InChI=1S/C63H106O5/c1-4-7-10-13-16-19-22-25-28-31-32-34-35-38-41-44-47-50-53-56-62(64)67-60-61(59-66-58-55-52-49-46-43-40-37-30-27-24-21-18-15-12-9-6-3)68-63(65)57-54-51-48-45-42-39-36-33-29-26-23-20-17-14-11-8-5-2/h8,11,16-17,19-20,25-26,28-29,32,34,36,38-39,41,47,50,61H,4-7,9-10,12-15,18,21-24,27,30-31,33,35,37,40,42-46,48-49,51-60H2,1-3H3/b11-8-,19-16-,20-17-,28-25-,29-26-,34-32-,39-36-,41-38-,50-47-/t61-/m1/s1. The molecule has 0 unspecified atom stereocenters. The lowest BCUT2D eigenvalue weighted by Gasteiger charge is -2.18. The van der Waals surface area contributed by atoms with Gasteiger partial charge in [-0.05, 0) is 96.3 Å². The Hall–Kier alpha value is -3.44. The van der Waals surface area contributed by atoms with Crippen molar-refractivity contribution in [1.29, 1.82) is 0 Å². The van der Waals surface area contributed by atoms with E-state index in [1.807, 2.05) is 6.08 Å². The van der Waals surface area contributed by atoms with Crippen LogP contribution in [-0.4, -0.2) is 37.9 Å². The van der Waals surface area contributed by atoms with Crippen LogP contribution in [0.1, 0.15) is 252 Å². The van der Waals surface area contributed by atoms with E-state index >= 15 is 0 Å². The highest BCUT2D eigenvalue weighted by atomic mass is 16.6. The van der Waals surface area contributed by atoms with Gasteiger partial charge >= 0.3 is 11.9 Å². The third-order valence-corrected chi connectivity index (χ3v) is 11.8. The molecule has 0 fully saturated rings. The maximum absolute atomic E-state index is 12.8. The molecular weight excluding hydrogens is 837 g/mol. The molecule has 0 spiro atoms. The van der Waals surface area contributed by atoms with Crippen molar-refractivity contribution in [1.82, 2.24) is 0 Å². The van der Waals surface area contributed by atoms with Gasteiger partial charge in [0.15, 0.2) is 6.10 Å². The van der Waals surface area contributed by atoms with Crippen molar-refractivity contribution in [2.24, 2.45) is 0 Å². The van der Waals surface area contributed by atoms with Gasteiger partial charge in [0.2, 0.25) is 0 Å². The molecule has 0 saturated heterocycles. The second-order valence-corrected chi connectivity index (χ2v) is 18.5. The molecule has 0 heterocycles. The number of rotatable bonds is 51. The molecule has 0 aromatic carbocycles. The second kappa shape index (κ2) is 57.9. The van der Waals surface area contributed by atoms with E-state index in [4.69, 9.17) is 14.2 Å². The number of hydrogen-bond acceptors (Lipinski definition) is 5. The fourth-order valence-corrected chi connectivity index (χ4v) is 7.60. The Balaban J connectivity index is 4.44. The first-order chi connectivity index (χ1) is 33.6. The molecule has 0 radical (unpaired) electrons. The van der Waals surface area contributed by atoms with Crippen LogP contribution in [0.5, 0.6) is 0 Å². The first-order valence-electron chi connectivity index (χ1n) is 28.4. The summed E-state index contributed by atoms with van der Waals surface area (Å²) in [6.07, 6.45) is 79.7. The smallest absolute Gasteiger partial charge is 0.306 e. The summed E-state index contributed by atoms with van der Waals surface area (Å²) < 4.78 is 17.4. The largest absolute Gasteiger partial charge is 0.462 e. The molecule has 0 aliphatic heterocycles. The van der Waals surface area contributed by atoms with Crippen LogP contribution in [0.15, 0.2) is 109 Å². The van der Waals surface area contributed by atoms with Crippen LogP contribution in [-0.2, 0) is 23.8 Å². The molecule has 0 aromatic rings. The average Bonchev–Trinajstić information content (AvgIpc) is 3.34. The molecular formula is C63H106O5. The van der Waals surface area contributed by atoms with E-state index in [0.29, 0.717) is 25.9 Å². The van der Waals surface area contributed by atoms with E-state index < -0.39 is 6.10 Å². The van der Waals surface area contributed by atoms with Crippen LogP contribution in [0, 0.1) is 0 Å². The molecule has 0 N–H and O–H groups in total. The van der Waals surface area contributed by atoms with Crippen LogP contribution in [0.4, 0.5) is 0 Å². The Morgan fingerprint density at radius 3 is 1.15 bits per heavy atom. The van der Waals surface area contributed by atoms with Crippen molar-refractivity contribution < 1.29 is 23.8 Å².